The third-order valence-corrected chi connectivity index (χ3v) is 7.25. The highest BCUT2D eigenvalue weighted by molar-refractivity contribution is 5.86. The Labute approximate surface area is 213 Å². The van der Waals surface area contributed by atoms with E-state index in [-0.39, 0.29) is 33.8 Å². The van der Waals surface area contributed by atoms with E-state index < -0.39 is 29.5 Å². The zero-order valence-electron chi connectivity index (χ0n) is 20.0. The zero-order chi connectivity index (χ0) is 26.9. The van der Waals surface area contributed by atoms with Gasteiger partial charge in [-0.1, -0.05) is 13.0 Å². The summed E-state index contributed by atoms with van der Waals surface area (Å²) < 4.78 is 84.4. The first-order valence-electron chi connectivity index (χ1n) is 11.8. The fourth-order valence-electron chi connectivity index (χ4n) is 5.53. The number of imidazole rings is 1. The number of halogens is 5. The van der Waals surface area contributed by atoms with Gasteiger partial charge in [0.1, 0.15) is 34.4 Å². The van der Waals surface area contributed by atoms with E-state index >= 15 is 4.39 Å². The summed E-state index contributed by atoms with van der Waals surface area (Å²) >= 11 is 0. The molecule has 2 aromatic carbocycles. The molecule has 0 radical (unpaired) electrons. The van der Waals surface area contributed by atoms with Crippen LogP contribution in [0.1, 0.15) is 32.0 Å². The van der Waals surface area contributed by atoms with Crippen molar-refractivity contribution < 1.29 is 36.2 Å². The molecule has 7 nitrogen and oxygen atoms in total. The minimum Gasteiger partial charge on any atom is -0.454 e. The molecule has 1 saturated carbocycles. The number of anilines is 1. The van der Waals surface area contributed by atoms with E-state index in [0.29, 0.717) is 17.9 Å². The number of aromatic nitrogens is 3. The Balaban J connectivity index is 1.36. The van der Waals surface area contributed by atoms with E-state index in [4.69, 9.17) is 20.2 Å². The van der Waals surface area contributed by atoms with Crippen LogP contribution >= 0.6 is 0 Å². The van der Waals surface area contributed by atoms with Crippen LogP contribution in [-0.4, -0.2) is 32.9 Å². The molecule has 2 saturated heterocycles. The molecule has 12 heteroatoms. The average Bonchev–Trinajstić information content (AvgIpc) is 3.52. The number of hydrogen-bond donors (Lipinski definition) is 1. The van der Waals surface area contributed by atoms with Crippen molar-refractivity contribution in [3.8, 4) is 28.5 Å². The molecule has 3 fully saturated rings. The summed E-state index contributed by atoms with van der Waals surface area (Å²) in [4.78, 5) is 8.96. The lowest BCUT2D eigenvalue weighted by Crippen LogP contribution is -2.47. The van der Waals surface area contributed by atoms with Gasteiger partial charge in [0.25, 0.3) is 0 Å². The second kappa shape index (κ2) is 8.29. The van der Waals surface area contributed by atoms with Gasteiger partial charge < -0.3 is 19.9 Å². The Morgan fingerprint density at radius 1 is 1.13 bits per heavy atom. The van der Waals surface area contributed by atoms with Crippen LogP contribution in [0.5, 0.6) is 17.2 Å². The highest BCUT2D eigenvalue weighted by Gasteiger charge is 2.64. The molecular formula is C26H21F5N4O3. The molecule has 0 spiro atoms. The van der Waals surface area contributed by atoms with Crippen LogP contribution in [0.2, 0.25) is 0 Å². The SMILES string of the molecule is CCC12CC(c3nc(-c4ccc(Oc5cccc(OC(F)(F)F)c5F)cc4F)c4c(N)nccn34)(CO1)C2. The van der Waals surface area contributed by atoms with Crippen LogP contribution in [0.3, 0.4) is 0 Å². The first-order chi connectivity index (χ1) is 18.0. The van der Waals surface area contributed by atoms with Crippen LogP contribution in [0.15, 0.2) is 48.8 Å². The quantitative estimate of drug-likeness (QED) is 0.300. The molecule has 3 aliphatic rings. The summed E-state index contributed by atoms with van der Waals surface area (Å²) in [6, 6.07) is 6.77. The summed E-state index contributed by atoms with van der Waals surface area (Å²) in [7, 11) is 0. The lowest BCUT2D eigenvalue weighted by molar-refractivity contribution is -0.275. The average molecular weight is 532 g/mol. The molecule has 1 aliphatic carbocycles. The van der Waals surface area contributed by atoms with Crippen LogP contribution in [0, 0.1) is 11.6 Å². The molecule has 0 atom stereocenters. The molecule has 0 unspecified atom stereocenters. The van der Waals surface area contributed by atoms with Gasteiger partial charge in [-0.3, -0.25) is 4.40 Å². The number of nitrogen functional groups attached to an aromatic ring is 1. The minimum absolute atomic E-state index is 0.104. The lowest BCUT2D eigenvalue weighted by Gasteiger charge is -2.43. The molecule has 4 heterocycles. The van der Waals surface area contributed by atoms with Gasteiger partial charge in [0.2, 0.25) is 5.82 Å². The Morgan fingerprint density at radius 3 is 2.58 bits per heavy atom. The number of fused-ring (bicyclic) bond motifs is 2. The van der Waals surface area contributed by atoms with Gasteiger partial charge in [0.05, 0.1) is 17.6 Å². The summed E-state index contributed by atoms with van der Waals surface area (Å²) in [6.07, 6.45) is 0.678. The predicted octanol–water partition coefficient (Wildman–Crippen LogP) is 6.16. The van der Waals surface area contributed by atoms with Gasteiger partial charge in [-0.15, -0.1) is 13.2 Å². The number of alkyl halides is 3. The number of rotatable bonds is 6. The van der Waals surface area contributed by atoms with Gasteiger partial charge in [-0.2, -0.15) is 4.39 Å². The molecule has 0 amide bonds. The Kier molecular flexibility index (Phi) is 5.32. The fourth-order valence-corrected chi connectivity index (χ4v) is 5.53. The van der Waals surface area contributed by atoms with E-state index in [0.717, 1.165) is 43.5 Å². The summed E-state index contributed by atoms with van der Waals surface area (Å²) in [5, 5.41) is 0. The Hall–Kier alpha value is -3.93. The summed E-state index contributed by atoms with van der Waals surface area (Å²) in [5.74, 6) is -3.02. The third-order valence-electron chi connectivity index (χ3n) is 7.25. The first-order valence-corrected chi connectivity index (χ1v) is 11.8. The fraction of sp³-hybridized carbons (Fsp3) is 0.308. The van der Waals surface area contributed by atoms with Crippen molar-refractivity contribution in [1.82, 2.24) is 14.4 Å². The Bertz CT molecular complexity index is 1560. The van der Waals surface area contributed by atoms with Gasteiger partial charge in [-0.05, 0) is 43.5 Å². The number of nitrogens with zero attached hydrogens (tertiary/aromatic N) is 3. The highest BCUT2D eigenvalue weighted by atomic mass is 19.4. The summed E-state index contributed by atoms with van der Waals surface area (Å²) in [5.41, 5.74) is 6.53. The van der Waals surface area contributed by atoms with E-state index in [2.05, 4.69) is 16.6 Å². The second-order valence-corrected chi connectivity index (χ2v) is 9.63. The number of hydrogen-bond acceptors (Lipinski definition) is 6. The van der Waals surface area contributed by atoms with Crippen molar-refractivity contribution in [2.24, 2.45) is 0 Å². The largest absolute Gasteiger partial charge is 0.573 e. The summed E-state index contributed by atoms with van der Waals surface area (Å²) in [6.45, 7) is 2.58. The monoisotopic (exact) mass is 532 g/mol. The standard InChI is InChI=1S/C26H21F5N4O3/c1-2-25-11-24(12-25,13-36-25)23-34-20(21-22(32)33-8-9-35(21)23)15-7-6-14(10-16(15)27)37-17-4-3-5-18(19(17)28)38-26(29,30)31/h3-10H,2,11-13H2,1H3,(H2,32,33). The molecule has 4 aromatic rings. The molecule has 2 aromatic heterocycles. The van der Waals surface area contributed by atoms with Crippen molar-refractivity contribution in [2.75, 3.05) is 12.3 Å². The van der Waals surface area contributed by atoms with Crippen molar-refractivity contribution in [2.45, 2.75) is 43.6 Å². The maximum Gasteiger partial charge on any atom is 0.573 e. The van der Waals surface area contributed by atoms with Crippen LogP contribution in [0.25, 0.3) is 16.8 Å². The maximum atomic E-state index is 15.4. The lowest BCUT2D eigenvalue weighted by atomic mass is 9.61. The van der Waals surface area contributed by atoms with Gasteiger partial charge in [0.15, 0.2) is 11.5 Å². The van der Waals surface area contributed by atoms with Gasteiger partial charge in [-0.25, -0.2) is 14.4 Å². The second-order valence-electron chi connectivity index (χ2n) is 9.63. The molecule has 198 valence electrons. The molecule has 2 N–H and O–H groups in total. The number of ether oxygens (including phenoxy) is 3. The minimum atomic E-state index is -5.09. The molecular weight excluding hydrogens is 511 g/mol. The zero-order valence-corrected chi connectivity index (χ0v) is 20.0. The molecule has 38 heavy (non-hydrogen) atoms. The van der Waals surface area contributed by atoms with Crippen molar-refractivity contribution in [3.05, 3.63) is 66.3 Å². The van der Waals surface area contributed by atoms with Crippen LogP contribution in [-0.2, 0) is 10.2 Å². The predicted molar refractivity (Wildman–Crippen MR) is 126 cm³/mol. The molecule has 2 bridgehead atoms. The number of nitrogens with two attached hydrogens (primary N) is 1. The first kappa shape index (κ1) is 24.4. The Morgan fingerprint density at radius 2 is 1.89 bits per heavy atom. The number of benzene rings is 2. The third kappa shape index (κ3) is 3.82. The van der Waals surface area contributed by atoms with E-state index in [9.17, 15) is 17.6 Å². The maximum absolute atomic E-state index is 15.4. The smallest absolute Gasteiger partial charge is 0.454 e. The highest BCUT2D eigenvalue weighted by Crippen LogP contribution is 2.60. The van der Waals surface area contributed by atoms with Crippen molar-refractivity contribution in [3.63, 3.8) is 0 Å². The normalized spacial score (nSPS) is 22.5. The van der Waals surface area contributed by atoms with E-state index in [1.165, 1.54) is 12.1 Å². The van der Waals surface area contributed by atoms with Crippen molar-refractivity contribution >= 4 is 11.3 Å². The van der Waals surface area contributed by atoms with Crippen LogP contribution < -0.4 is 15.2 Å². The topological polar surface area (TPSA) is 83.9 Å². The van der Waals surface area contributed by atoms with E-state index in [1.54, 1.807) is 12.4 Å². The molecule has 7 rings (SSSR count). The van der Waals surface area contributed by atoms with E-state index in [1.807, 2.05) is 4.40 Å². The van der Waals surface area contributed by atoms with Gasteiger partial charge in [0, 0.05) is 24.0 Å². The molecule has 2 aliphatic heterocycles. The van der Waals surface area contributed by atoms with Gasteiger partial charge >= 0.3 is 6.36 Å². The van der Waals surface area contributed by atoms with Crippen LogP contribution in [0.4, 0.5) is 27.8 Å². The van der Waals surface area contributed by atoms with Crippen molar-refractivity contribution in [1.29, 1.82) is 0 Å².